The predicted octanol–water partition coefficient (Wildman–Crippen LogP) is 10.0. The molecule has 0 saturated heterocycles. The Hall–Kier alpha value is -2.42. The van der Waals surface area contributed by atoms with Crippen LogP contribution in [0.3, 0.4) is 0 Å². The fraction of sp³-hybridized carbons (Fsp3) is 0.860. The Morgan fingerprint density at radius 2 is 1.04 bits per heavy atom. The molecule has 0 aromatic heterocycles. The summed E-state index contributed by atoms with van der Waals surface area (Å²) in [5.74, 6) is -0.0796. The van der Waals surface area contributed by atoms with Crippen LogP contribution in [0.1, 0.15) is 201 Å². The smallest absolute Gasteiger partial charge is 0.306 e. The van der Waals surface area contributed by atoms with Gasteiger partial charge in [0.2, 0.25) is 0 Å². The van der Waals surface area contributed by atoms with Crippen molar-refractivity contribution in [3.05, 3.63) is 20.4 Å². The minimum atomic E-state index is -0.588. The molecule has 302 valence electrons. The lowest BCUT2D eigenvalue weighted by atomic mass is 10.0. The molecular weight excluding hydrogens is 654 g/mol. The SMILES string of the molecule is CCCCCCCCOC(=O)CCCCCCCN(CCCCCCCC(=O)OC(CCCCC)CCCCCC)CCCNc1c(N)c(=O)c1=O. The predicted molar refractivity (Wildman–Crippen MR) is 218 cm³/mol. The maximum atomic E-state index is 12.6. The van der Waals surface area contributed by atoms with Crippen molar-refractivity contribution in [2.75, 3.05) is 43.8 Å². The number of esters is 2. The van der Waals surface area contributed by atoms with Crippen LogP contribution in [0.4, 0.5) is 11.4 Å². The van der Waals surface area contributed by atoms with Gasteiger partial charge in [0.05, 0.1) is 6.61 Å². The molecule has 1 rings (SSSR count). The van der Waals surface area contributed by atoms with Gasteiger partial charge in [-0.05, 0) is 83.8 Å². The van der Waals surface area contributed by atoms with E-state index in [9.17, 15) is 19.2 Å². The van der Waals surface area contributed by atoms with E-state index >= 15 is 0 Å². The van der Waals surface area contributed by atoms with Crippen molar-refractivity contribution < 1.29 is 19.1 Å². The lowest BCUT2D eigenvalue weighted by molar-refractivity contribution is -0.150. The fourth-order valence-corrected chi connectivity index (χ4v) is 6.77. The maximum Gasteiger partial charge on any atom is 0.306 e. The van der Waals surface area contributed by atoms with Crippen LogP contribution in [0.15, 0.2) is 9.59 Å². The number of hydrogen-bond acceptors (Lipinski definition) is 9. The van der Waals surface area contributed by atoms with Crippen LogP contribution in [0.25, 0.3) is 0 Å². The number of anilines is 2. The van der Waals surface area contributed by atoms with E-state index < -0.39 is 10.9 Å². The Bertz CT molecular complexity index is 1090. The molecule has 0 amide bonds. The van der Waals surface area contributed by atoms with Crippen LogP contribution in [0.2, 0.25) is 0 Å². The summed E-state index contributed by atoms with van der Waals surface area (Å²) in [6.45, 7) is 10.8. The molecule has 0 fully saturated rings. The van der Waals surface area contributed by atoms with Crippen LogP contribution in [-0.2, 0) is 19.1 Å². The number of nitrogen functional groups attached to an aromatic ring is 1. The molecule has 0 aliphatic carbocycles. The van der Waals surface area contributed by atoms with E-state index in [4.69, 9.17) is 15.2 Å². The van der Waals surface area contributed by atoms with Crippen molar-refractivity contribution in [2.24, 2.45) is 0 Å². The number of nitrogens with two attached hydrogens (primary N) is 1. The zero-order valence-corrected chi connectivity index (χ0v) is 33.9. The lowest BCUT2D eigenvalue weighted by Crippen LogP contribution is -2.37. The molecule has 0 bridgehead atoms. The van der Waals surface area contributed by atoms with Gasteiger partial charge in [-0.15, -0.1) is 0 Å². The summed E-state index contributed by atoms with van der Waals surface area (Å²) in [6.07, 6.45) is 30.1. The zero-order chi connectivity index (χ0) is 38.1. The Labute approximate surface area is 317 Å². The molecule has 1 atom stereocenters. The van der Waals surface area contributed by atoms with E-state index in [1.54, 1.807) is 0 Å². The average Bonchev–Trinajstić information content (AvgIpc) is 3.14. The molecule has 9 heteroatoms. The quantitative estimate of drug-likeness (QED) is 0.0388. The molecule has 1 unspecified atom stereocenters. The van der Waals surface area contributed by atoms with Gasteiger partial charge in [0.25, 0.3) is 10.9 Å². The normalized spacial score (nSPS) is 12.1. The second kappa shape index (κ2) is 33.2. The topological polar surface area (TPSA) is 128 Å². The summed E-state index contributed by atoms with van der Waals surface area (Å²) in [7, 11) is 0. The molecule has 52 heavy (non-hydrogen) atoms. The first kappa shape index (κ1) is 47.6. The molecule has 3 N–H and O–H groups in total. The van der Waals surface area contributed by atoms with E-state index in [0.717, 1.165) is 129 Å². The first-order valence-corrected chi connectivity index (χ1v) is 21.7. The summed E-state index contributed by atoms with van der Waals surface area (Å²) in [5, 5.41) is 3.05. The van der Waals surface area contributed by atoms with E-state index in [-0.39, 0.29) is 29.4 Å². The second-order valence-electron chi connectivity index (χ2n) is 15.0. The van der Waals surface area contributed by atoms with E-state index in [2.05, 4.69) is 31.0 Å². The Morgan fingerprint density at radius 1 is 0.577 bits per heavy atom. The highest BCUT2D eigenvalue weighted by atomic mass is 16.5. The second-order valence-corrected chi connectivity index (χ2v) is 15.0. The van der Waals surface area contributed by atoms with Gasteiger partial charge < -0.3 is 25.4 Å². The first-order valence-electron chi connectivity index (χ1n) is 21.7. The average molecular weight is 734 g/mol. The third-order valence-electron chi connectivity index (χ3n) is 10.2. The van der Waals surface area contributed by atoms with Crippen molar-refractivity contribution in [1.29, 1.82) is 0 Å². The van der Waals surface area contributed by atoms with Crippen molar-refractivity contribution in [3.8, 4) is 0 Å². The van der Waals surface area contributed by atoms with Crippen LogP contribution < -0.4 is 21.9 Å². The van der Waals surface area contributed by atoms with Crippen molar-refractivity contribution in [3.63, 3.8) is 0 Å². The molecular formula is C43H79N3O6. The van der Waals surface area contributed by atoms with Crippen molar-refractivity contribution in [1.82, 2.24) is 4.90 Å². The number of carbonyl (C=O) groups excluding carboxylic acids is 2. The summed E-state index contributed by atoms with van der Waals surface area (Å²) < 4.78 is 11.3. The number of nitrogens with one attached hydrogen (secondary N) is 1. The number of unbranched alkanes of at least 4 members (excludes halogenated alkanes) is 18. The standard InChI is InChI=1S/C43H79N3O6/c1-4-7-10-12-19-26-36-51-38(47)30-22-15-13-17-24-33-46(35-27-32-45-41-40(44)42(49)43(41)50)34-25-18-14-16-23-31-39(48)52-37(28-20-9-6-3)29-21-11-8-5-2/h37,45H,4-36,44H2,1-3H3. The van der Waals surface area contributed by atoms with Crippen LogP contribution in [0, 0.1) is 0 Å². The van der Waals surface area contributed by atoms with Gasteiger partial charge in [-0.25, -0.2) is 0 Å². The number of rotatable bonds is 38. The van der Waals surface area contributed by atoms with E-state index in [1.165, 1.54) is 57.8 Å². The summed E-state index contributed by atoms with van der Waals surface area (Å²) in [4.78, 5) is 50.3. The van der Waals surface area contributed by atoms with Gasteiger partial charge in [-0.1, -0.05) is 124 Å². The fourth-order valence-electron chi connectivity index (χ4n) is 6.77. The van der Waals surface area contributed by atoms with Crippen LogP contribution in [-0.4, -0.2) is 55.7 Å². The number of nitrogens with zero attached hydrogens (tertiary/aromatic N) is 1. The highest BCUT2D eigenvalue weighted by Crippen LogP contribution is 2.17. The first-order chi connectivity index (χ1) is 25.3. The molecule has 0 spiro atoms. The molecule has 9 nitrogen and oxygen atoms in total. The summed E-state index contributed by atoms with van der Waals surface area (Å²) in [5.41, 5.74) is 4.89. The van der Waals surface area contributed by atoms with Gasteiger partial charge in [-0.2, -0.15) is 0 Å². The van der Waals surface area contributed by atoms with Crippen molar-refractivity contribution in [2.45, 2.75) is 207 Å². The minimum absolute atomic E-state index is 0.0225. The third kappa shape index (κ3) is 24.8. The zero-order valence-electron chi connectivity index (χ0n) is 33.9. The van der Waals surface area contributed by atoms with Crippen LogP contribution >= 0.6 is 0 Å². The van der Waals surface area contributed by atoms with E-state index in [1.807, 2.05) is 0 Å². The summed E-state index contributed by atoms with van der Waals surface area (Å²) >= 11 is 0. The summed E-state index contributed by atoms with van der Waals surface area (Å²) in [6, 6.07) is 0. The molecule has 0 aliphatic rings. The highest BCUT2D eigenvalue weighted by molar-refractivity contribution is 5.71. The van der Waals surface area contributed by atoms with Gasteiger partial charge in [0.15, 0.2) is 0 Å². The number of ether oxygens (including phenoxy) is 2. The largest absolute Gasteiger partial charge is 0.466 e. The van der Waals surface area contributed by atoms with Crippen molar-refractivity contribution >= 4 is 23.3 Å². The third-order valence-corrected chi connectivity index (χ3v) is 10.2. The Morgan fingerprint density at radius 3 is 1.63 bits per heavy atom. The minimum Gasteiger partial charge on any atom is -0.466 e. The Balaban J connectivity index is 2.29. The molecule has 0 aliphatic heterocycles. The molecule has 0 saturated carbocycles. The number of hydrogen-bond donors (Lipinski definition) is 2. The maximum absolute atomic E-state index is 12.6. The van der Waals surface area contributed by atoms with Crippen LogP contribution in [0.5, 0.6) is 0 Å². The highest BCUT2D eigenvalue weighted by Gasteiger charge is 2.17. The Kier molecular flexibility index (Phi) is 30.4. The monoisotopic (exact) mass is 734 g/mol. The van der Waals surface area contributed by atoms with Gasteiger partial charge >= 0.3 is 11.9 Å². The molecule has 1 aromatic rings. The van der Waals surface area contributed by atoms with E-state index in [0.29, 0.717) is 26.0 Å². The molecule has 0 heterocycles. The lowest BCUT2D eigenvalue weighted by Gasteiger charge is -2.23. The van der Waals surface area contributed by atoms with Gasteiger partial charge in [-0.3, -0.25) is 19.2 Å². The van der Waals surface area contributed by atoms with Gasteiger partial charge in [0, 0.05) is 19.4 Å². The van der Waals surface area contributed by atoms with Gasteiger partial charge in [0.1, 0.15) is 17.5 Å². The molecule has 0 radical (unpaired) electrons. The molecule has 1 aromatic carbocycles. The number of carbonyl (C=O) groups is 2.